The molecule has 2 atom stereocenters. The summed E-state index contributed by atoms with van der Waals surface area (Å²) < 4.78 is 5.32. The van der Waals surface area contributed by atoms with E-state index in [-0.39, 0.29) is 18.4 Å². The molecule has 0 amide bonds. The van der Waals surface area contributed by atoms with Gasteiger partial charge in [-0.3, -0.25) is 4.79 Å². The first-order valence-electron chi connectivity index (χ1n) is 5.24. The van der Waals surface area contributed by atoms with E-state index in [0.29, 0.717) is 0 Å². The molecule has 1 aliphatic heterocycles. The van der Waals surface area contributed by atoms with Crippen LogP contribution in [0.2, 0.25) is 0 Å². The molecule has 2 N–H and O–H groups in total. The molecule has 1 saturated heterocycles. The first kappa shape index (κ1) is 10.2. The lowest BCUT2D eigenvalue weighted by molar-refractivity contribution is -0.138. The van der Waals surface area contributed by atoms with E-state index in [1.807, 2.05) is 12.1 Å². The molecule has 1 aromatic heterocycles. The number of carbonyl (C=O) groups is 1. The summed E-state index contributed by atoms with van der Waals surface area (Å²) in [6.07, 6.45) is 3.69. The summed E-state index contributed by atoms with van der Waals surface area (Å²) in [5.41, 5.74) is 0. The molecule has 0 radical (unpaired) electrons. The summed E-state index contributed by atoms with van der Waals surface area (Å²) in [5, 5.41) is 12.1. The number of hydrogen-bond donors (Lipinski definition) is 2. The Morgan fingerprint density at radius 3 is 3.20 bits per heavy atom. The predicted molar refractivity (Wildman–Crippen MR) is 54.4 cm³/mol. The van der Waals surface area contributed by atoms with Gasteiger partial charge >= 0.3 is 5.97 Å². The summed E-state index contributed by atoms with van der Waals surface area (Å²) in [6, 6.07) is 3.97. The largest absolute Gasteiger partial charge is 0.481 e. The van der Waals surface area contributed by atoms with Gasteiger partial charge in [0.1, 0.15) is 5.76 Å². The fraction of sp³-hybridized carbons (Fsp3) is 0.545. The Bertz CT molecular complexity index is 321. The van der Waals surface area contributed by atoms with Crippen LogP contribution in [-0.4, -0.2) is 17.6 Å². The highest BCUT2D eigenvalue weighted by Gasteiger charge is 2.25. The third-order valence-electron chi connectivity index (χ3n) is 2.86. The molecule has 2 unspecified atom stereocenters. The summed E-state index contributed by atoms with van der Waals surface area (Å²) in [6.45, 7) is 0.864. The maximum absolute atomic E-state index is 10.6. The zero-order valence-corrected chi connectivity index (χ0v) is 8.48. The summed E-state index contributed by atoms with van der Waals surface area (Å²) in [5.74, 6) is 0.462. The van der Waals surface area contributed by atoms with Gasteiger partial charge in [-0.05, 0) is 37.4 Å². The maximum Gasteiger partial charge on any atom is 0.303 e. The van der Waals surface area contributed by atoms with Gasteiger partial charge in [0, 0.05) is 6.42 Å². The monoisotopic (exact) mass is 209 g/mol. The standard InChI is InChI=1S/C11H15NO3/c13-11(14)7-8-3-4-12-9(6-8)10-2-1-5-15-10/h1-2,5,8-9,12H,3-4,6-7H2,(H,13,14). The Hall–Kier alpha value is -1.29. The Morgan fingerprint density at radius 2 is 2.53 bits per heavy atom. The molecule has 1 aromatic rings. The molecule has 1 fully saturated rings. The van der Waals surface area contributed by atoms with Crippen molar-refractivity contribution in [1.82, 2.24) is 5.32 Å². The van der Waals surface area contributed by atoms with E-state index in [2.05, 4.69) is 5.32 Å². The van der Waals surface area contributed by atoms with Gasteiger partial charge in [0.15, 0.2) is 0 Å². The molecule has 0 aliphatic carbocycles. The van der Waals surface area contributed by atoms with Crippen LogP contribution in [0.1, 0.15) is 31.1 Å². The summed E-state index contributed by atoms with van der Waals surface area (Å²) in [4.78, 5) is 10.6. The number of furan rings is 1. The highest BCUT2D eigenvalue weighted by Crippen LogP contribution is 2.29. The number of nitrogens with one attached hydrogen (secondary N) is 1. The van der Waals surface area contributed by atoms with Gasteiger partial charge in [0.05, 0.1) is 12.3 Å². The van der Waals surface area contributed by atoms with Crippen molar-refractivity contribution in [2.75, 3.05) is 6.54 Å². The first-order valence-corrected chi connectivity index (χ1v) is 5.24. The number of aliphatic carboxylic acids is 1. The van der Waals surface area contributed by atoms with Gasteiger partial charge in [-0.15, -0.1) is 0 Å². The molecule has 0 aromatic carbocycles. The van der Waals surface area contributed by atoms with E-state index in [4.69, 9.17) is 9.52 Å². The summed E-state index contributed by atoms with van der Waals surface area (Å²) >= 11 is 0. The quantitative estimate of drug-likeness (QED) is 0.796. The van der Waals surface area contributed by atoms with Crippen LogP contribution < -0.4 is 5.32 Å². The van der Waals surface area contributed by atoms with E-state index in [9.17, 15) is 4.79 Å². The van der Waals surface area contributed by atoms with Crippen LogP contribution in [-0.2, 0) is 4.79 Å². The minimum absolute atomic E-state index is 0.179. The zero-order valence-electron chi connectivity index (χ0n) is 8.48. The highest BCUT2D eigenvalue weighted by atomic mass is 16.4. The molecule has 15 heavy (non-hydrogen) atoms. The number of carboxylic acid groups (broad SMARTS) is 1. The minimum Gasteiger partial charge on any atom is -0.481 e. The van der Waals surface area contributed by atoms with Crippen LogP contribution in [0.25, 0.3) is 0 Å². The molecule has 2 heterocycles. The van der Waals surface area contributed by atoms with Crippen molar-refractivity contribution in [2.24, 2.45) is 5.92 Å². The van der Waals surface area contributed by atoms with Gasteiger partial charge in [-0.1, -0.05) is 0 Å². The van der Waals surface area contributed by atoms with Gasteiger partial charge in [-0.2, -0.15) is 0 Å². The fourth-order valence-electron chi connectivity index (χ4n) is 2.13. The number of rotatable bonds is 3. The molecule has 0 spiro atoms. The Morgan fingerprint density at radius 1 is 1.67 bits per heavy atom. The van der Waals surface area contributed by atoms with Crippen molar-refractivity contribution in [3.8, 4) is 0 Å². The molecular formula is C11H15NO3. The third kappa shape index (κ3) is 2.59. The second kappa shape index (κ2) is 4.49. The van der Waals surface area contributed by atoms with Crippen molar-refractivity contribution >= 4 is 5.97 Å². The third-order valence-corrected chi connectivity index (χ3v) is 2.86. The smallest absolute Gasteiger partial charge is 0.303 e. The lowest BCUT2D eigenvalue weighted by Crippen LogP contribution is -2.32. The van der Waals surface area contributed by atoms with Gasteiger partial charge in [0.25, 0.3) is 0 Å². The molecule has 0 saturated carbocycles. The SMILES string of the molecule is O=C(O)CC1CCNC(c2ccco2)C1. The zero-order chi connectivity index (χ0) is 10.7. The second-order valence-corrected chi connectivity index (χ2v) is 4.01. The van der Waals surface area contributed by atoms with Crippen molar-refractivity contribution < 1.29 is 14.3 Å². The normalized spacial score (nSPS) is 26.4. The number of carboxylic acids is 1. The van der Waals surface area contributed by atoms with E-state index < -0.39 is 5.97 Å². The van der Waals surface area contributed by atoms with E-state index in [1.165, 1.54) is 0 Å². The number of hydrogen-bond acceptors (Lipinski definition) is 3. The summed E-state index contributed by atoms with van der Waals surface area (Å²) in [7, 11) is 0. The van der Waals surface area contributed by atoms with Crippen molar-refractivity contribution in [3.63, 3.8) is 0 Å². The molecule has 82 valence electrons. The highest BCUT2D eigenvalue weighted by molar-refractivity contribution is 5.67. The van der Waals surface area contributed by atoms with Crippen LogP contribution in [0.15, 0.2) is 22.8 Å². The van der Waals surface area contributed by atoms with Crippen molar-refractivity contribution in [3.05, 3.63) is 24.2 Å². The average molecular weight is 209 g/mol. The van der Waals surface area contributed by atoms with Crippen LogP contribution >= 0.6 is 0 Å². The topological polar surface area (TPSA) is 62.5 Å². The Labute approximate surface area is 88.3 Å². The minimum atomic E-state index is -0.708. The van der Waals surface area contributed by atoms with Crippen molar-refractivity contribution in [1.29, 1.82) is 0 Å². The number of piperidine rings is 1. The Kier molecular flexibility index (Phi) is 3.06. The van der Waals surface area contributed by atoms with Crippen LogP contribution in [0, 0.1) is 5.92 Å². The van der Waals surface area contributed by atoms with E-state index in [0.717, 1.165) is 25.1 Å². The fourth-order valence-corrected chi connectivity index (χ4v) is 2.13. The average Bonchev–Trinajstić information content (AvgIpc) is 2.69. The Balaban J connectivity index is 1.95. The van der Waals surface area contributed by atoms with Crippen LogP contribution in [0.3, 0.4) is 0 Å². The predicted octanol–water partition coefficient (Wildman–Crippen LogP) is 1.80. The van der Waals surface area contributed by atoms with Gasteiger partial charge < -0.3 is 14.8 Å². The van der Waals surface area contributed by atoms with Crippen LogP contribution in [0.4, 0.5) is 0 Å². The molecule has 4 heteroatoms. The first-order chi connectivity index (χ1) is 7.25. The van der Waals surface area contributed by atoms with Crippen molar-refractivity contribution in [2.45, 2.75) is 25.3 Å². The van der Waals surface area contributed by atoms with E-state index >= 15 is 0 Å². The molecule has 0 bridgehead atoms. The van der Waals surface area contributed by atoms with Gasteiger partial charge in [0.2, 0.25) is 0 Å². The molecule has 1 aliphatic rings. The molecular weight excluding hydrogens is 194 g/mol. The lowest BCUT2D eigenvalue weighted by Gasteiger charge is -2.28. The van der Waals surface area contributed by atoms with Crippen LogP contribution in [0.5, 0.6) is 0 Å². The molecule has 2 rings (SSSR count). The molecule has 4 nitrogen and oxygen atoms in total. The van der Waals surface area contributed by atoms with E-state index in [1.54, 1.807) is 6.26 Å². The second-order valence-electron chi connectivity index (χ2n) is 4.01. The van der Waals surface area contributed by atoms with Gasteiger partial charge in [-0.25, -0.2) is 0 Å². The maximum atomic E-state index is 10.6. The lowest BCUT2D eigenvalue weighted by atomic mass is 9.89.